The van der Waals surface area contributed by atoms with Gasteiger partial charge in [-0.25, -0.2) is 27.9 Å². The largest absolute Gasteiger partial charge is 0.455 e. The Morgan fingerprint density at radius 2 is 2.07 bits per heavy atom. The summed E-state index contributed by atoms with van der Waals surface area (Å²) >= 11 is 0. The van der Waals surface area contributed by atoms with E-state index < -0.39 is 17.9 Å². The van der Waals surface area contributed by atoms with Crippen LogP contribution in [0.25, 0.3) is 4.85 Å². The molecular formula is C19H15F3N4O2. The average Bonchev–Trinajstić information content (AvgIpc) is 2.99. The highest BCUT2D eigenvalue weighted by atomic mass is 19.3. The van der Waals surface area contributed by atoms with Crippen molar-refractivity contribution in [1.82, 2.24) is 14.8 Å². The number of rotatable bonds is 5. The summed E-state index contributed by atoms with van der Waals surface area (Å²) in [5, 5.41) is 6.12. The molecule has 1 aromatic heterocycles. The van der Waals surface area contributed by atoms with Gasteiger partial charge in [0.1, 0.15) is 11.6 Å². The molecule has 0 unspecified atom stereocenters. The van der Waals surface area contributed by atoms with E-state index >= 15 is 4.39 Å². The Kier molecular flexibility index (Phi) is 5.22. The maximum absolute atomic E-state index is 15.0. The van der Waals surface area contributed by atoms with Crippen LogP contribution in [0.15, 0.2) is 35.1 Å². The van der Waals surface area contributed by atoms with Gasteiger partial charge in [-0.15, -0.1) is 0 Å². The summed E-state index contributed by atoms with van der Waals surface area (Å²) in [6, 6.07) is 6.55. The maximum atomic E-state index is 15.0. The van der Waals surface area contributed by atoms with Crippen molar-refractivity contribution in [2.24, 2.45) is 7.05 Å². The normalized spacial score (nSPS) is 10.9. The molecule has 0 bridgehead atoms. The average molecular weight is 388 g/mol. The van der Waals surface area contributed by atoms with Crippen molar-refractivity contribution in [3.05, 3.63) is 80.6 Å². The molecule has 28 heavy (non-hydrogen) atoms. The molecule has 0 spiro atoms. The van der Waals surface area contributed by atoms with E-state index in [0.29, 0.717) is 11.4 Å². The van der Waals surface area contributed by atoms with Crippen molar-refractivity contribution in [2.75, 3.05) is 0 Å². The van der Waals surface area contributed by atoms with E-state index in [1.165, 1.54) is 23.7 Å². The molecule has 6 nitrogen and oxygen atoms in total. The number of hydrogen-bond donors (Lipinski definition) is 1. The number of alkyl halides is 2. The maximum Gasteiger partial charge on any atom is 0.343 e. The van der Waals surface area contributed by atoms with Crippen LogP contribution < -0.4 is 10.4 Å². The number of aromatic nitrogens is 3. The molecule has 3 rings (SSSR count). The minimum absolute atomic E-state index is 0.0299. The zero-order valence-corrected chi connectivity index (χ0v) is 15.0. The van der Waals surface area contributed by atoms with Crippen molar-refractivity contribution in [3.63, 3.8) is 0 Å². The van der Waals surface area contributed by atoms with Crippen molar-refractivity contribution in [3.8, 4) is 11.5 Å². The van der Waals surface area contributed by atoms with Gasteiger partial charge in [0, 0.05) is 19.0 Å². The molecule has 1 heterocycles. The molecule has 2 aromatic carbocycles. The van der Waals surface area contributed by atoms with Crippen LogP contribution in [0, 0.1) is 19.3 Å². The lowest BCUT2D eigenvalue weighted by Crippen LogP contribution is -2.15. The van der Waals surface area contributed by atoms with Crippen molar-refractivity contribution < 1.29 is 17.9 Å². The molecule has 0 atom stereocenters. The molecule has 0 saturated heterocycles. The van der Waals surface area contributed by atoms with E-state index in [9.17, 15) is 13.6 Å². The van der Waals surface area contributed by atoms with E-state index in [1.54, 1.807) is 13.0 Å². The first-order chi connectivity index (χ1) is 13.3. The highest BCUT2D eigenvalue weighted by Gasteiger charge is 2.18. The molecule has 3 aromatic rings. The Morgan fingerprint density at radius 1 is 1.32 bits per heavy atom. The molecule has 0 fully saturated rings. The summed E-state index contributed by atoms with van der Waals surface area (Å²) in [6.45, 7) is 8.65. The first-order valence-electron chi connectivity index (χ1n) is 8.17. The Balaban J connectivity index is 1.99. The van der Waals surface area contributed by atoms with Gasteiger partial charge in [-0.2, -0.15) is 5.10 Å². The van der Waals surface area contributed by atoms with Gasteiger partial charge in [-0.1, -0.05) is 12.1 Å². The first kappa shape index (κ1) is 19.2. The van der Waals surface area contributed by atoms with Gasteiger partial charge >= 0.3 is 5.69 Å². The van der Waals surface area contributed by atoms with Crippen molar-refractivity contribution >= 4 is 5.69 Å². The van der Waals surface area contributed by atoms with Crippen LogP contribution in [0.3, 0.4) is 0 Å². The van der Waals surface area contributed by atoms with Gasteiger partial charge in [-0.3, -0.25) is 4.57 Å². The number of hydrogen-bond acceptors (Lipinski definition) is 3. The van der Waals surface area contributed by atoms with Crippen molar-refractivity contribution in [2.45, 2.75) is 19.8 Å². The van der Waals surface area contributed by atoms with E-state index in [1.807, 2.05) is 0 Å². The molecule has 0 saturated carbocycles. The summed E-state index contributed by atoms with van der Waals surface area (Å²) < 4.78 is 47.9. The Morgan fingerprint density at radius 3 is 2.68 bits per heavy atom. The Labute approximate surface area is 158 Å². The summed E-state index contributed by atoms with van der Waals surface area (Å²) in [5.74, 6) is -0.563. The standard InChI is InChI=1S/C19H15F3N4O2/c1-10-4-5-11(8-15-24-25-19(27)26(15)3)16(20)17(10)28-14-7-12(18(21)22)6-13(9-14)23-2/h4-7,9,18H,8H2,1,3H3,(H,25,27). The summed E-state index contributed by atoms with van der Waals surface area (Å²) in [5.41, 5.74) is -0.172. The predicted molar refractivity (Wildman–Crippen MR) is 95.5 cm³/mol. The lowest BCUT2D eigenvalue weighted by Gasteiger charge is -2.14. The molecule has 0 aliphatic heterocycles. The molecule has 0 radical (unpaired) electrons. The van der Waals surface area contributed by atoms with Gasteiger partial charge < -0.3 is 4.74 Å². The fraction of sp³-hybridized carbons (Fsp3) is 0.211. The summed E-state index contributed by atoms with van der Waals surface area (Å²) in [4.78, 5) is 14.6. The third-order valence-corrected chi connectivity index (χ3v) is 4.21. The number of benzene rings is 2. The molecule has 0 amide bonds. The third-order valence-electron chi connectivity index (χ3n) is 4.21. The van der Waals surface area contributed by atoms with Crippen LogP contribution in [0.1, 0.15) is 28.9 Å². The van der Waals surface area contributed by atoms with Crippen molar-refractivity contribution in [1.29, 1.82) is 0 Å². The first-order valence-corrected chi connectivity index (χ1v) is 8.17. The second-order valence-corrected chi connectivity index (χ2v) is 6.14. The topological polar surface area (TPSA) is 64.3 Å². The number of H-pyrrole nitrogens is 1. The zero-order chi connectivity index (χ0) is 20.4. The fourth-order valence-electron chi connectivity index (χ4n) is 2.64. The van der Waals surface area contributed by atoms with Gasteiger partial charge in [0.2, 0.25) is 0 Å². The van der Waals surface area contributed by atoms with Crippen LogP contribution in [0.2, 0.25) is 0 Å². The highest BCUT2D eigenvalue weighted by Crippen LogP contribution is 2.35. The molecule has 9 heteroatoms. The zero-order valence-electron chi connectivity index (χ0n) is 15.0. The van der Waals surface area contributed by atoms with E-state index in [0.717, 1.165) is 12.1 Å². The monoisotopic (exact) mass is 388 g/mol. The van der Waals surface area contributed by atoms with Crippen LogP contribution >= 0.6 is 0 Å². The van der Waals surface area contributed by atoms with Crippen LogP contribution in [0.4, 0.5) is 18.9 Å². The van der Waals surface area contributed by atoms with E-state index in [2.05, 4.69) is 15.0 Å². The lowest BCUT2D eigenvalue weighted by molar-refractivity contribution is 0.151. The number of aromatic amines is 1. The Bertz CT molecular complexity index is 1130. The van der Waals surface area contributed by atoms with Crippen LogP contribution in [-0.4, -0.2) is 14.8 Å². The fourth-order valence-corrected chi connectivity index (χ4v) is 2.64. The van der Waals surface area contributed by atoms with Gasteiger partial charge in [0.15, 0.2) is 17.3 Å². The molecule has 1 N–H and O–H groups in total. The number of ether oxygens (including phenoxy) is 1. The number of aryl methyl sites for hydroxylation is 1. The number of nitrogens with one attached hydrogen (secondary N) is 1. The summed E-state index contributed by atoms with van der Waals surface area (Å²) in [7, 11) is 1.51. The van der Waals surface area contributed by atoms with Crippen LogP contribution in [-0.2, 0) is 13.5 Å². The molecule has 0 aliphatic rings. The minimum Gasteiger partial charge on any atom is -0.455 e. The van der Waals surface area contributed by atoms with Crippen LogP contribution in [0.5, 0.6) is 11.5 Å². The number of nitrogens with zero attached hydrogens (tertiary/aromatic N) is 3. The third kappa shape index (κ3) is 3.76. The molecule has 0 aliphatic carbocycles. The Hall–Kier alpha value is -3.54. The highest BCUT2D eigenvalue weighted by molar-refractivity contribution is 5.54. The number of halogens is 3. The molecule has 144 valence electrons. The second kappa shape index (κ2) is 7.60. The van der Waals surface area contributed by atoms with Gasteiger partial charge in [0.05, 0.1) is 6.57 Å². The lowest BCUT2D eigenvalue weighted by atomic mass is 10.1. The molecular weight excluding hydrogens is 373 g/mol. The SMILES string of the molecule is [C-]#[N+]c1cc(Oc2c(C)ccc(Cc3n[nH]c(=O)n3C)c2F)cc(C(F)F)c1. The summed E-state index contributed by atoms with van der Waals surface area (Å²) in [6.07, 6.45) is -2.76. The smallest absolute Gasteiger partial charge is 0.343 e. The van der Waals surface area contributed by atoms with E-state index in [-0.39, 0.29) is 34.7 Å². The predicted octanol–water partition coefficient (Wildman–Crippen LogP) is 4.43. The van der Waals surface area contributed by atoms with Gasteiger partial charge in [0.25, 0.3) is 6.43 Å². The van der Waals surface area contributed by atoms with Gasteiger partial charge in [-0.05, 0) is 36.2 Å². The van der Waals surface area contributed by atoms with E-state index in [4.69, 9.17) is 11.3 Å². The minimum atomic E-state index is -2.79. The quantitative estimate of drug-likeness (QED) is 0.658. The second-order valence-electron chi connectivity index (χ2n) is 6.14.